The van der Waals surface area contributed by atoms with Gasteiger partial charge in [-0.2, -0.15) is 0 Å². The van der Waals surface area contributed by atoms with Gasteiger partial charge in [0.1, 0.15) is 0 Å². The standard InChI is InChI=1S/4Gd. The minimum Gasteiger partial charge on any atom is 0 e. The maximum atomic E-state index is 0. The summed E-state index contributed by atoms with van der Waals surface area (Å²) in [5.74, 6) is 0. The van der Waals surface area contributed by atoms with E-state index in [2.05, 4.69) is 0 Å². The van der Waals surface area contributed by atoms with Crippen molar-refractivity contribution >= 4 is 0 Å². The third kappa shape index (κ3) is 10.3. The number of rotatable bonds is 0. The molecule has 4 heavy (non-hydrogen) atoms. The van der Waals surface area contributed by atoms with Gasteiger partial charge in [0.25, 0.3) is 0 Å². The molecule has 4 heteroatoms. The van der Waals surface area contributed by atoms with Gasteiger partial charge in [0.15, 0.2) is 0 Å². The van der Waals surface area contributed by atoms with E-state index in [4.69, 9.17) is 0 Å². The van der Waals surface area contributed by atoms with Crippen LogP contribution in [-0.4, -0.2) is 0 Å². The van der Waals surface area contributed by atoms with Gasteiger partial charge in [-0.15, -0.1) is 0 Å². The molecule has 0 amide bonds. The van der Waals surface area contributed by atoms with Gasteiger partial charge in [0.2, 0.25) is 0 Å². The van der Waals surface area contributed by atoms with Gasteiger partial charge in [0.05, 0.1) is 0 Å². The van der Waals surface area contributed by atoms with Gasteiger partial charge < -0.3 is 0 Å². The Balaban J connectivity index is 0. The third-order valence-corrected chi connectivity index (χ3v) is 0. The molecule has 0 N–H and O–H groups in total. The van der Waals surface area contributed by atoms with Crippen LogP contribution in [-0.2, 0) is 0 Å². The molecule has 0 aromatic heterocycles. The Bertz CT molecular complexity index is 0. The average Bonchev–Trinajstić information content (AvgIpc) is 0. The van der Waals surface area contributed by atoms with Crippen molar-refractivity contribution in [2.24, 2.45) is 0 Å². The van der Waals surface area contributed by atoms with Crippen LogP contribution >= 0.6 is 0 Å². The van der Waals surface area contributed by atoms with Crippen LogP contribution < -0.4 is 0 Å². The average molecular weight is 629 g/mol. The Morgan fingerprint density at radius 3 is 0.250 bits per heavy atom. The van der Waals surface area contributed by atoms with Crippen LogP contribution in [0.5, 0.6) is 0 Å². The summed E-state index contributed by atoms with van der Waals surface area (Å²) in [6.07, 6.45) is 0. The molecule has 0 unspecified atom stereocenters. The summed E-state index contributed by atoms with van der Waals surface area (Å²) in [6.45, 7) is 0. The van der Waals surface area contributed by atoms with E-state index in [1.54, 1.807) is 0 Å². The van der Waals surface area contributed by atoms with E-state index in [-0.39, 0.29) is 160 Å². The van der Waals surface area contributed by atoms with Crippen molar-refractivity contribution in [3.05, 3.63) is 0 Å². The van der Waals surface area contributed by atoms with Crippen LogP contribution in [0.3, 0.4) is 0 Å². The van der Waals surface area contributed by atoms with Crippen LogP contribution in [0.1, 0.15) is 0 Å². The van der Waals surface area contributed by atoms with Crippen molar-refractivity contribution in [1.82, 2.24) is 0 Å². The van der Waals surface area contributed by atoms with Gasteiger partial charge in [-0.05, 0) is 0 Å². The van der Waals surface area contributed by atoms with Crippen LogP contribution in [0, 0.1) is 160 Å². The predicted octanol–water partition coefficient (Wildman–Crippen LogP) is 0. The first-order valence-corrected chi connectivity index (χ1v) is 0. The molecule has 0 spiro atoms. The minimum atomic E-state index is 0. The molecule has 0 rings (SSSR count). The summed E-state index contributed by atoms with van der Waals surface area (Å²) in [7, 11) is 0. The SMILES string of the molecule is [Gd].[Gd].[Gd].[Gd]. The Morgan fingerprint density at radius 2 is 0.250 bits per heavy atom. The second-order valence-corrected chi connectivity index (χ2v) is 0. The van der Waals surface area contributed by atoms with Gasteiger partial charge >= 0.3 is 0 Å². The normalized spacial score (nSPS) is 0. The molecule has 0 saturated heterocycles. The molecule has 32 valence electrons. The molecule has 0 fully saturated rings. The van der Waals surface area contributed by atoms with Gasteiger partial charge in [-0.3, -0.25) is 0 Å². The third-order valence-electron chi connectivity index (χ3n) is 0. The number of hydrogen-bond donors (Lipinski definition) is 0. The van der Waals surface area contributed by atoms with E-state index in [0.29, 0.717) is 0 Å². The van der Waals surface area contributed by atoms with Crippen LogP contribution in [0.4, 0.5) is 0 Å². The molecule has 0 heterocycles. The molecule has 0 aromatic carbocycles. The molecule has 0 bridgehead atoms. The van der Waals surface area contributed by atoms with Crippen molar-refractivity contribution < 1.29 is 160 Å². The van der Waals surface area contributed by atoms with Crippen molar-refractivity contribution in [1.29, 1.82) is 0 Å². The fourth-order valence-corrected chi connectivity index (χ4v) is 0. The molecule has 0 atom stereocenters. The summed E-state index contributed by atoms with van der Waals surface area (Å²) >= 11 is 0. The summed E-state index contributed by atoms with van der Waals surface area (Å²) in [5, 5.41) is 0. The Morgan fingerprint density at radius 1 is 0.250 bits per heavy atom. The van der Waals surface area contributed by atoms with Gasteiger partial charge in [0, 0.05) is 160 Å². The van der Waals surface area contributed by atoms with E-state index in [1.165, 1.54) is 0 Å². The molecule has 0 radical (unpaired) electrons. The monoisotopic (exact) mass is 632 g/mol. The zero-order valence-electron chi connectivity index (χ0n) is 1.41. The zero-order valence-corrected chi connectivity index (χ0v) is 10.5. The first-order valence-electron chi connectivity index (χ1n) is 0. The van der Waals surface area contributed by atoms with Crippen LogP contribution in [0.15, 0.2) is 0 Å². The largest absolute Gasteiger partial charge is 0 e. The van der Waals surface area contributed by atoms with Crippen molar-refractivity contribution in [3.8, 4) is 0 Å². The molecule has 0 aliphatic carbocycles. The van der Waals surface area contributed by atoms with E-state index in [0.717, 1.165) is 0 Å². The first-order chi connectivity index (χ1) is 0. The maximum absolute atomic E-state index is 0. The molecular weight excluding hydrogens is 629 g/mol. The minimum absolute atomic E-state index is 0. The van der Waals surface area contributed by atoms with E-state index in [9.17, 15) is 0 Å². The Hall–Kier alpha value is 5.30. The van der Waals surface area contributed by atoms with Crippen LogP contribution in [0.2, 0.25) is 0 Å². The van der Waals surface area contributed by atoms with Crippen molar-refractivity contribution in [2.75, 3.05) is 0 Å². The van der Waals surface area contributed by atoms with E-state index in [1.807, 2.05) is 0 Å². The first kappa shape index (κ1) is 22.8. The summed E-state index contributed by atoms with van der Waals surface area (Å²) in [6, 6.07) is 0. The Kier molecular flexibility index (Phi) is 89.8. The Labute approximate surface area is 154 Å². The molecule has 0 nitrogen and oxygen atoms in total. The molecule has 0 aromatic rings. The van der Waals surface area contributed by atoms with E-state index >= 15 is 0 Å². The maximum Gasteiger partial charge on any atom is 0 e. The fourth-order valence-electron chi connectivity index (χ4n) is 0. The summed E-state index contributed by atoms with van der Waals surface area (Å²) in [5.41, 5.74) is 0. The summed E-state index contributed by atoms with van der Waals surface area (Å²) in [4.78, 5) is 0. The molecule has 0 saturated carbocycles. The molecular formula is Gd4. The topological polar surface area (TPSA) is 0 Å². The predicted molar refractivity (Wildman–Crippen MR) is 0 cm³/mol. The molecule has 0 aliphatic heterocycles. The second kappa shape index (κ2) is 15.7. The van der Waals surface area contributed by atoms with Crippen molar-refractivity contribution in [2.45, 2.75) is 0 Å². The smallest absolute Gasteiger partial charge is 0 e. The number of hydrogen-bond acceptors (Lipinski definition) is 0. The fraction of sp³-hybridized carbons (Fsp3) is 0. The second-order valence-electron chi connectivity index (χ2n) is 0. The van der Waals surface area contributed by atoms with Gasteiger partial charge in [-0.25, -0.2) is 0 Å². The quantitative estimate of drug-likeness (QED) is 0.355. The van der Waals surface area contributed by atoms with Crippen molar-refractivity contribution in [3.63, 3.8) is 0 Å². The zero-order chi connectivity index (χ0) is 0. The van der Waals surface area contributed by atoms with Crippen LogP contribution in [0.25, 0.3) is 0 Å². The van der Waals surface area contributed by atoms with E-state index < -0.39 is 0 Å². The summed E-state index contributed by atoms with van der Waals surface area (Å²) < 4.78 is 0. The van der Waals surface area contributed by atoms with Gasteiger partial charge in [-0.1, -0.05) is 0 Å². The molecule has 0 aliphatic rings.